The molecule has 0 aliphatic carbocycles. The number of fused-ring (bicyclic) bond motifs is 1. The Morgan fingerprint density at radius 3 is 2.69 bits per heavy atom. The first-order chi connectivity index (χ1) is 7.72. The Morgan fingerprint density at radius 1 is 1.25 bits per heavy atom. The van der Waals surface area contributed by atoms with Crippen molar-refractivity contribution in [1.82, 2.24) is 4.98 Å². The van der Waals surface area contributed by atoms with Crippen molar-refractivity contribution in [1.29, 1.82) is 0 Å². The molecule has 80 valence electrons. The molecular formula is C13H12N2O. The molecule has 1 heterocycles. The molecule has 0 saturated carbocycles. The van der Waals surface area contributed by atoms with Crippen molar-refractivity contribution >= 4 is 22.4 Å². The third-order valence-electron chi connectivity index (χ3n) is 2.43. The van der Waals surface area contributed by atoms with Crippen LogP contribution in [0.4, 0.5) is 0 Å². The van der Waals surface area contributed by atoms with E-state index in [1.165, 1.54) is 0 Å². The molecule has 2 N–H and O–H groups in total. The number of pyridine rings is 1. The van der Waals surface area contributed by atoms with E-state index >= 15 is 0 Å². The van der Waals surface area contributed by atoms with Crippen molar-refractivity contribution in [3.63, 3.8) is 0 Å². The lowest BCUT2D eigenvalue weighted by atomic mass is 10.1. The number of hydrogen-bond acceptors (Lipinski definition) is 2. The van der Waals surface area contributed by atoms with Gasteiger partial charge in [-0.2, -0.15) is 0 Å². The van der Waals surface area contributed by atoms with Crippen LogP contribution < -0.4 is 5.73 Å². The molecular weight excluding hydrogens is 200 g/mol. The normalized spacial score (nSPS) is 11.7. The van der Waals surface area contributed by atoms with Crippen LogP contribution in [0.3, 0.4) is 0 Å². The van der Waals surface area contributed by atoms with Crippen molar-refractivity contribution in [3.05, 3.63) is 48.2 Å². The Labute approximate surface area is 93.6 Å². The number of allylic oxidation sites excluding steroid dienone is 1. The number of rotatable bonds is 2. The van der Waals surface area contributed by atoms with E-state index in [2.05, 4.69) is 4.98 Å². The van der Waals surface area contributed by atoms with Crippen LogP contribution in [-0.2, 0) is 4.79 Å². The van der Waals surface area contributed by atoms with E-state index < -0.39 is 5.91 Å². The number of carbonyl (C=O) groups excluding carboxylic acids is 1. The van der Waals surface area contributed by atoms with E-state index in [9.17, 15) is 4.79 Å². The molecule has 0 aliphatic rings. The van der Waals surface area contributed by atoms with Gasteiger partial charge in [0.1, 0.15) is 0 Å². The van der Waals surface area contributed by atoms with Crippen molar-refractivity contribution in [3.8, 4) is 0 Å². The predicted octanol–water partition coefficient (Wildman–Crippen LogP) is 2.12. The summed E-state index contributed by atoms with van der Waals surface area (Å²) in [4.78, 5) is 15.6. The van der Waals surface area contributed by atoms with Crippen LogP contribution in [0, 0.1) is 0 Å². The minimum absolute atomic E-state index is 0.450. The van der Waals surface area contributed by atoms with Crippen molar-refractivity contribution in [2.24, 2.45) is 5.73 Å². The molecule has 2 rings (SSSR count). The summed E-state index contributed by atoms with van der Waals surface area (Å²) in [5.74, 6) is -0.453. The van der Waals surface area contributed by atoms with Gasteiger partial charge in [0.05, 0.1) is 16.8 Å². The highest BCUT2D eigenvalue weighted by molar-refractivity contribution is 6.18. The van der Waals surface area contributed by atoms with E-state index in [0.717, 1.165) is 10.9 Å². The molecule has 0 aliphatic heterocycles. The Bertz CT molecular complexity index is 573. The zero-order valence-corrected chi connectivity index (χ0v) is 8.97. The maximum atomic E-state index is 11.2. The zero-order chi connectivity index (χ0) is 11.5. The average molecular weight is 212 g/mol. The van der Waals surface area contributed by atoms with Gasteiger partial charge in [-0.3, -0.25) is 4.79 Å². The van der Waals surface area contributed by atoms with Gasteiger partial charge in [-0.15, -0.1) is 0 Å². The van der Waals surface area contributed by atoms with Gasteiger partial charge in [-0.25, -0.2) is 4.98 Å². The number of aromatic nitrogens is 1. The van der Waals surface area contributed by atoms with Gasteiger partial charge in [-0.1, -0.05) is 30.3 Å². The van der Waals surface area contributed by atoms with Crippen molar-refractivity contribution in [2.75, 3.05) is 0 Å². The third-order valence-corrected chi connectivity index (χ3v) is 2.43. The molecule has 1 aromatic carbocycles. The van der Waals surface area contributed by atoms with E-state index in [0.29, 0.717) is 11.3 Å². The fourth-order valence-electron chi connectivity index (χ4n) is 1.63. The fourth-order valence-corrected chi connectivity index (χ4v) is 1.63. The molecule has 0 bridgehead atoms. The first kappa shape index (κ1) is 10.4. The lowest BCUT2D eigenvalue weighted by Gasteiger charge is -2.03. The maximum Gasteiger partial charge on any atom is 0.250 e. The molecule has 1 aromatic heterocycles. The largest absolute Gasteiger partial charge is 0.366 e. The summed E-state index contributed by atoms with van der Waals surface area (Å²) in [7, 11) is 0. The fraction of sp³-hybridized carbons (Fsp3) is 0.0769. The van der Waals surface area contributed by atoms with Gasteiger partial charge in [0, 0.05) is 5.39 Å². The highest BCUT2D eigenvalue weighted by Crippen LogP contribution is 2.17. The quantitative estimate of drug-likeness (QED) is 0.775. The zero-order valence-electron chi connectivity index (χ0n) is 8.97. The smallest absolute Gasteiger partial charge is 0.250 e. The van der Waals surface area contributed by atoms with Crippen LogP contribution >= 0.6 is 0 Å². The number of benzene rings is 1. The SMILES string of the molecule is CC=C(C(N)=O)c1ccc2ccccc2n1. The summed E-state index contributed by atoms with van der Waals surface area (Å²) in [5.41, 5.74) is 7.21. The monoisotopic (exact) mass is 212 g/mol. The summed E-state index contributed by atoms with van der Waals surface area (Å²) in [6, 6.07) is 11.5. The summed E-state index contributed by atoms with van der Waals surface area (Å²) in [6.45, 7) is 1.77. The topological polar surface area (TPSA) is 56.0 Å². The standard InChI is InChI=1S/C13H12N2O/c1-2-10(13(14)16)12-8-7-9-5-3-4-6-11(9)15-12/h2-8H,1H3,(H2,14,16). The van der Waals surface area contributed by atoms with E-state index in [1.807, 2.05) is 36.4 Å². The second-order valence-electron chi connectivity index (χ2n) is 3.46. The Kier molecular flexibility index (Phi) is 2.68. The molecule has 0 fully saturated rings. The van der Waals surface area contributed by atoms with Crippen LogP contribution in [0.1, 0.15) is 12.6 Å². The second kappa shape index (κ2) is 4.14. The lowest BCUT2D eigenvalue weighted by molar-refractivity contribution is -0.112. The summed E-state index contributed by atoms with van der Waals surface area (Å²) < 4.78 is 0. The first-order valence-corrected chi connectivity index (χ1v) is 5.04. The molecule has 3 nitrogen and oxygen atoms in total. The molecule has 0 atom stereocenters. The lowest BCUT2D eigenvalue weighted by Crippen LogP contribution is -2.13. The molecule has 3 heteroatoms. The molecule has 0 radical (unpaired) electrons. The number of carbonyl (C=O) groups is 1. The first-order valence-electron chi connectivity index (χ1n) is 5.04. The summed E-state index contributed by atoms with van der Waals surface area (Å²) in [5, 5.41) is 1.05. The molecule has 16 heavy (non-hydrogen) atoms. The minimum Gasteiger partial charge on any atom is -0.366 e. The number of nitrogens with two attached hydrogens (primary N) is 1. The molecule has 1 amide bonds. The van der Waals surface area contributed by atoms with E-state index in [-0.39, 0.29) is 0 Å². The average Bonchev–Trinajstić information content (AvgIpc) is 2.29. The van der Waals surface area contributed by atoms with Gasteiger partial charge in [0.15, 0.2) is 0 Å². The maximum absolute atomic E-state index is 11.2. The minimum atomic E-state index is -0.453. The Balaban J connectivity index is 2.59. The van der Waals surface area contributed by atoms with Crippen LogP contribution in [-0.4, -0.2) is 10.9 Å². The van der Waals surface area contributed by atoms with Gasteiger partial charge >= 0.3 is 0 Å². The summed E-state index contributed by atoms with van der Waals surface area (Å²) in [6.07, 6.45) is 1.68. The predicted molar refractivity (Wildman–Crippen MR) is 64.6 cm³/mol. The molecule has 0 spiro atoms. The van der Waals surface area contributed by atoms with Gasteiger partial charge in [-0.05, 0) is 19.1 Å². The second-order valence-corrected chi connectivity index (χ2v) is 3.46. The van der Waals surface area contributed by atoms with Crippen molar-refractivity contribution < 1.29 is 4.79 Å². The van der Waals surface area contributed by atoms with Gasteiger partial charge in [0.2, 0.25) is 0 Å². The molecule has 0 unspecified atom stereocenters. The number of nitrogens with zero attached hydrogens (tertiary/aromatic N) is 1. The number of hydrogen-bond donors (Lipinski definition) is 1. The molecule has 2 aromatic rings. The highest BCUT2D eigenvalue weighted by atomic mass is 16.1. The van der Waals surface area contributed by atoms with E-state index in [1.54, 1.807) is 13.0 Å². The van der Waals surface area contributed by atoms with Crippen LogP contribution in [0.25, 0.3) is 16.5 Å². The third kappa shape index (κ3) is 1.80. The van der Waals surface area contributed by atoms with Gasteiger partial charge in [0.25, 0.3) is 5.91 Å². The Morgan fingerprint density at radius 2 is 2.00 bits per heavy atom. The highest BCUT2D eigenvalue weighted by Gasteiger charge is 2.08. The number of para-hydroxylation sites is 1. The van der Waals surface area contributed by atoms with Gasteiger partial charge < -0.3 is 5.73 Å². The number of amides is 1. The van der Waals surface area contributed by atoms with Crippen LogP contribution in [0.15, 0.2) is 42.5 Å². The summed E-state index contributed by atoms with van der Waals surface area (Å²) >= 11 is 0. The number of primary amides is 1. The van der Waals surface area contributed by atoms with Crippen molar-refractivity contribution in [2.45, 2.75) is 6.92 Å². The van der Waals surface area contributed by atoms with Crippen LogP contribution in [0.2, 0.25) is 0 Å². The Hall–Kier alpha value is -2.16. The molecule has 0 saturated heterocycles. The van der Waals surface area contributed by atoms with Crippen LogP contribution in [0.5, 0.6) is 0 Å². The van der Waals surface area contributed by atoms with E-state index in [4.69, 9.17) is 5.73 Å².